The molecule has 0 radical (unpaired) electrons. The summed E-state index contributed by atoms with van der Waals surface area (Å²) in [5.41, 5.74) is 3.62. The molecule has 0 bridgehead atoms. The number of aryl methyl sites for hydroxylation is 1. The van der Waals surface area contributed by atoms with Crippen LogP contribution in [-0.4, -0.2) is 17.2 Å². The van der Waals surface area contributed by atoms with E-state index in [-0.39, 0.29) is 17.2 Å². The number of nitrogens with zero attached hydrogens (tertiary/aromatic N) is 1. The van der Waals surface area contributed by atoms with Crippen molar-refractivity contribution in [1.82, 2.24) is 0 Å². The Hall–Kier alpha value is -3.92. The van der Waals surface area contributed by atoms with Crippen molar-refractivity contribution in [2.45, 2.75) is 6.92 Å². The molecule has 0 saturated heterocycles. The van der Waals surface area contributed by atoms with Crippen molar-refractivity contribution in [3.05, 3.63) is 102 Å². The Bertz CT molecular complexity index is 1210. The number of benzene rings is 4. The highest BCUT2D eigenvalue weighted by molar-refractivity contribution is 6.11. The van der Waals surface area contributed by atoms with Crippen molar-refractivity contribution in [2.75, 3.05) is 5.32 Å². The normalized spacial score (nSPS) is 11.1. The van der Waals surface area contributed by atoms with Gasteiger partial charge in [0, 0.05) is 22.7 Å². The number of phenols is 1. The molecule has 0 atom stereocenters. The van der Waals surface area contributed by atoms with Gasteiger partial charge in [-0.1, -0.05) is 66.7 Å². The minimum atomic E-state index is -0.350. The van der Waals surface area contributed by atoms with Crippen LogP contribution >= 0.6 is 0 Å². The van der Waals surface area contributed by atoms with E-state index in [0.717, 1.165) is 27.9 Å². The first kappa shape index (κ1) is 18.4. The molecule has 0 aromatic heterocycles. The minimum absolute atomic E-state index is 0.0506. The van der Waals surface area contributed by atoms with Gasteiger partial charge in [-0.25, -0.2) is 0 Å². The van der Waals surface area contributed by atoms with Crippen LogP contribution in [-0.2, 0) is 0 Å². The number of phenolic OH excluding ortho intramolecular Hbond substituents is 1. The Morgan fingerprint density at radius 1 is 0.862 bits per heavy atom. The Balaban J connectivity index is 1.68. The van der Waals surface area contributed by atoms with Gasteiger partial charge in [0.15, 0.2) is 0 Å². The zero-order chi connectivity index (χ0) is 20.2. The first-order valence-corrected chi connectivity index (χ1v) is 9.34. The molecule has 142 valence electrons. The van der Waals surface area contributed by atoms with E-state index in [0.29, 0.717) is 5.39 Å². The number of hydrogen-bond donors (Lipinski definition) is 2. The number of para-hydroxylation sites is 1. The van der Waals surface area contributed by atoms with Crippen LogP contribution in [0, 0.1) is 6.92 Å². The van der Waals surface area contributed by atoms with Gasteiger partial charge in [-0.05, 0) is 36.2 Å². The molecule has 0 unspecified atom stereocenters. The average molecular weight is 380 g/mol. The summed E-state index contributed by atoms with van der Waals surface area (Å²) in [5.74, 6) is -0.401. The Morgan fingerprint density at radius 2 is 1.62 bits per heavy atom. The molecule has 0 fully saturated rings. The van der Waals surface area contributed by atoms with Crippen LogP contribution in [0.1, 0.15) is 21.5 Å². The lowest BCUT2D eigenvalue weighted by atomic mass is 10.0. The molecule has 0 aliphatic carbocycles. The Labute approximate surface area is 169 Å². The summed E-state index contributed by atoms with van der Waals surface area (Å²) >= 11 is 0. The number of carbonyl (C=O) groups is 1. The standard InChI is InChI=1S/C25H20N2O2/c1-17-8-5-6-12-22(17)27-25(29)21-15-14-19-20(24(21)28)11-7-13-23(19)26-16-18-9-3-2-4-10-18/h2-16,28H,1H3,(H,27,29). The quantitative estimate of drug-likeness (QED) is 0.436. The summed E-state index contributed by atoms with van der Waals surface area (Å²) in [6.07, 6.45) is 1.78. The lowest BCUT2D eigenvalue weighted by Crippen LogP contribution is -2.13. The van der Waals surface area contributed by atoms with Crippen LogP contribution in [0.3, 0.4) is 0 Å². The fourth-order valence-electron chi connectivity index (χ4n) is 3.21. The van der Waals surface area contributed by atoms with Gasteiger partial charge in [-0.3, -0.25) is 9.79 Å². The highest BCUT2D eigenvalue weighted by Gasteiger charge is 2.15. The zero-order valence-electron chi connectivity index (χ0n) is 16.0. The van der Waals surface area contributed by atoms with Crippen molar-refractivity contribution in [1.29, 1.82) is 0 Å². The molecule has 0 saturated carbocycles. The fourth-order valence-corrected chi connectivity index (χ4v) is 3.21. The summed E-state index contributed by atoms with van der Waals surface area (Å²) in [6, 6.07) is 26.3. The largest absolute Gasteiger partial charge is 0.506 e. The van der Waals surface area contributed by atoms with Gasteiger partial charge in [-0.15, -0.1) is 0 Å². The molecular formula is C25H20N2O2. The number of rotatable bonds is 4. The maximum Gasteiger partial charge on any atom is 0.259 e. The lowest BCUT2D eigenvalue weighted by Gasteiger charge is -2.11. The molecule has 29 heavy (non-hydrogen) atoms. The summed E-state index contributed by atoms with van der Waals surface area (Å²) < 4.78 is 0. The van der Waals surface area contributed by atoms with E-state index in [9.17, 15) is 9.90 Å². The molecule has 0 spiro atoms. The number of nitrogens with one attached hydrogen (secondary N) is 1. The highest BCUT2D eigenvalue weighted by atomic mass is 16.3. The molecule has 4 rings (SSSR count). The third kappa shape index (κ3) is 3.87. The topological polar surface area (TPSA) is 61.7 Å². The minimum Gasteiger partial charge on any atom is -0.506 e. The van der Waals surface area contributed by atoms with Gasteiger partial charge in [-0.2, -0.15) is 0 Å². The smallest absolute Gasteiger partial charge is 0.259 e. The predicted octanol–water partition coefficient (Wildman–Crippen LogP) is 5.86. The summed E-state index contributed by atoms with van der Waals surface area (Å²) in [5, 5.41) is 15.0. The Morgan fingerprint density at radius 3 is 2.41 bits per heavy atom. The van der Waals surface area contributed by atoms with E-state index in [1.165, 1.54) is 0 Å². The molecule has 0 aliphatic heterocycles. The van der Waals surface area contributed by atoms with E-state index in [2.05, 4.69) is 10.3 Å². The van der Waals surface area contributed by atoms with Gasteiger partial charge in [0.25, 0.3) is 5.91 Å². The van der Waals surface area contributed by atoms with Crippen molar-refractivity contribution in [2.24, 2.45) is 4.99 Å². The first-order chi connectivity index (χ1) is 14.1. The predicted molar refractivity (Wildman–Crippen MR) is 118 cm³/mol. The average Bonchev–Trinajstić information content (AvgIpc) is 2.75. The third-order valence-electron chi connectivity index (χ3n) is 4.80. The Kier molecular flexibility index (Phi) is 5.08. The molecule has 1 amide bonds. The summed E-state index contributed by atoms with van der Waals surface area (Å²) in [6.45, 7) is 1.92. The number of carbonyl (C=O) groups excluding carboxylic acids is 1. The number of aromatic hydroxyl groups is 1. The van der Waals surface area contributed by atoms with Crippen LogP contribution in [0.2, 0.25) is 0 Å². The van der Waals surface area contributed by atoms with Crippen LogP contribution < -0.4 is 5.32 Å². The molecule has 2 N–H and O–H groups in total. The lowest BCUT2D eigenvalue weighted by molar-refractivity contribution is 0.102. The van der Waals surface area contributed by atoms with Crippen molar-refractivity contribution < 1.29 is 9.90 Å². The van der Waals surface area contributed by atoms with Gasteiger partial charge in [0.2, 0.25) is 0 Å². The second kappa shape index (κ2) is 7.98. The maximum atomic E-state index is 12.7. The molecule has 0 aliphatic rings. The molecule has 4 nitrogen and oxygen atoms in total. The number of hydrogen-bond acceptors (Lipinski definition) is 3. The summed E-state index contributed by atoms with van der Waals surface area (Å²) in [4.78, 5) is 17.3. The SMILES string of the molecule is Cc1ccccc1NC(=O)c1ccc2c(N=Cc3ccccc3)cccc2c1O. The summed E-state index contributed by atoms with van der Waals surface area (Å²) in [7, 11) is 0. The van der Waals surface area contributed by atoms with Crippen molar-refractivity contribution >= 4 is 34.3 Å². The monoisotopic (exact) mass is 380 g/mol. The van der Waals surface area contributed by atoms with Gasteiger partial charge < -0.3 is 10.4 Å². The number of fused-ring (bicyclic) bond motifs is 1. The van der Waals surface area contributed by atoms with Gasteiger partial charge >= 0.3 is 0 Å². The van der Waals surface area contributed by atoms with E-state index < -0.39 is 0 Å². The number of aliphatic imine (C=N–C) groups is 1. The second-order valence-electron chi connectivity index (χ2n) is 6.77. The molecule has 0 heterocycles. The maximum absolute atomic E-state index is 12.7. The zero-order valence-corrected chi connectivity index (χ0v) is 16.0. The number of anilines is 1. The molecule has 4 heteroatoms. The van der Waals surface area contributed by atoms with Crippen LogP contribution in [0.25, 0.3) is 10.8 Å². The van der Waals surface area contributed by atoms with Crippen LogP contribution in [0.4, 0.5) is 11.4 Å². The van der Waals surface area contributed by atoms with Crippen molar-refractivity contribution in [3.63, 3.8) is 0 Å². The van der Waals surface area contributed by atoms with Crippen LogP contribution in [0.5, 0.6) is 5.75 Å². The third-order valence-corrected chi connectivity index (χ3v) is 4.80. The molecule has 4 aromatic carbocycles. The molecule has 4 aromatic rings. The van der Waals surface area contributed by atoms with E-state index in [1.54, 1.807) is 18.3 Å². The highest BCUT2D eigenvalue weighted by Crippen LogP contribution is 2.34. The van der Waals surface area contributed by atoms with E-state index in [4.69, 9.17) is 0 Å². The number of amides is 1. The van der Waals surface area contributed by atoms with E-state index >= 15 is 0 Å². The van der Waals surface area contributed by atoms with Gasteiger partial charge in [0.1, 0.15) is 5.75 Å². The second-order valence-corrected chi connectivity index (χ2v) is 6.77. The molecular weight excluding hydrogens is 360 g/mol. The van der Waals surface area contributed by atoms with Gasteiger partial charge in [0.05, 0.1) is 11.3 Å². The van der Waals surface area contributed by atoms with E-state index in [1.807, 2.05) is 79.7 Å². The van der Waals surface area contributed by atoms with Crippen molar-refractivity contribution in [3.8, 4) is 5.75 Å². The van der Waals surface area contributed by atoms with Crippen LogP contribution in [0.15, 0.2) is 89.9 Å². The fraction of sp³-hybridized carbons (Fsp3) is 0.0400. The first-order valence-electron chi connectivity index (χ1n) is 9.34.